The first-order valence-electron chi connectivity index (χ1n) is 10.8. The minimum atomic E-state index is -0.458. The minimum Gasteiger partial charge on any atom is -0.269 e. The molecule has 0 aliphatic carbocycles. The van der Waals surface area contributed by atoms with Gasteiger partial charge in [-0.3, -0.25) is 24.5 Å². The molecule has 3 aromatic heterocycles. The average Bonchev–Trinajstić information content (AvgIpc) is 2.82. The lowest BCUT2D eigenvalue weighted by Gasteiger charge is -2.12. The maximum absolute atomic E-state index is 13.3. The van der Waals surface area contributed by atoms with Gasteiger partial charge in [-0.05, 0) is 67.6 Å². The third-order valence-electron chi connectivity index (χ3n) is 5.55. The van der Waals surface area contributed by atoms with Crippen LogP contribution in [-0.4, -0.2) is 19.5 Å². The fraction of sp³-hybridized carbons (Fsp3) is 0.240. The van der Waals surface area contributed by atoms with Gasteiger partial charge in [0.2, 0.25) is 0 Å². The molecule has 0 atom stereocenters. The Hall–Kier alpha value is -3.87. The van der Waals surface area contributed by atoms with E-state index in [1.807, 2.05) is 42.7 Å². The van der Waals surface area contributed by atoms with Crippen molar-refractivity contribution in [2.45, 2.75) is 38.5 Å². The largest absolute Gasteiger partial charge is 0.271 e. The number of pyridine rings is 3. The summed E-state index contributed by atoms with van der Waals surface area (Å²) in [5.41, 5.74) is 2.71. The second-order valence-electron chi connectivity index (χ2n) is 7.77. The Morgan fingerprint density at radius 3 is 2.44 bits per heavy atom. The van der Waals surface area contributed by atoms with Gasteiger partial charge in [-0.25, -0.2) is 4.98 Å². The number of fused-ring (bicyclic) bond motifs is 1. The standard InChI is InChI=1S/C25H24N4O3/c30-25-21(8-4-2-1-3-7-19-12-15-26-16-13-19)17-20-9-6-14-27-24(20)28(25)22-10-5-11-23(18-22)29(31)32/h5-6,9-18H,1-4,7-8H2. The molecule has 0 unspecified atom stereocenters. The highest BCUT2D eigenvalue weighted by Gasteiger charge is 2.14. The van der Waals surface area contributed by atoms with Crippen molar-refractivity contribution >= 4 is 16.7 Å². The van der Waals surface area contributed by atoms with E-state index in [1.165, 1.54) is 22.3 Å². The number of unbranched alkanes of at least 4 members (excludes halogenated alkanes) is 3. The number of hydrogen-bond acceptors (Lipinski definition) is 5. The maximum atomic E-state index is 13.3. The van der Waals surface area contributed by atoms with Crippen molar-refractivity contribution in [1.29, 1.82) is 0 Å². The molecule has 4 rings (SSSR count). The quantitative estimate of drug-likeness (QED) is 0.212. The number of benzene rings is 1. The molecule has 4 aromatic rings. The smallest absolute Gasteiger partial charge is 0.269 e. The Morgan fingerprint density at radius 1 is 0.875 bits per heavy atom. The van der Waals surface area contributed by atoms with Crippen molar-refractivity contribution in [3.8, 4) is 5.69 Å². The number of rotatable bonds is 9. The predicted molar refractivity (Wildman–Crippen MR) is 124 cm³/mol. The van der Waals surface area contributed by atoms with Crippen LogP contribution in [0, 0.1) is 10.1 Å². The lowest BCUT2D eigenvalue weighted by molar-refractivity contribution is -0.384. The van der Waals surface area contributed by atoms with E-state index in [-0.39, 0.29) is 11.2 Å². The SMILES string of the molecule is O=c1c(CCCCCCc2ccncc2)cc2cccnc2n1-c1cccc([N+](=O)[O-])c1. The zero-order valence-corrected chi connectivity index (χ0v) is 17.7. The fourth-order valence-electron chi connectivity index (χ4n) is 3.91. The molecule has 0 radical (unpaired) electrons. The number of aryl methyl sites for hydroxylation is 2. The van der Waals surface area contributed by atoms with Gasteiger partial charge in [-0.2, -0.15) is 0 Å². The maximum Gasteiger partial charge on any atom is 0.271 e. The molecule has 0 aliphatic rings. The third kappa shape index (κ3) is 4.88. The normalized spacial score (nSPS) is 11.0. The molecule has 7 heteroatoms. The van der Waals surface area contributed by atoms with Crippen LogP contribution in [0.1, 0.15) is 36.8 Å². The monoisotopic (exact) mass is 428 g/mol. The zero-order valence-electron chi connectivity index (χ0n) is 17.7. The molecule has 1 aromatic carbocycles. The van der Waals surface area contributed by atoms with E-state index in [9.17, 15) is 14.9 Å². The highest BCUT2D eigenvalue weighted by atomic mass is 16.6. The van der Waals surface area contributed by atoms with Gasteiger partial charge in [0, 0.05) is 41.7 Å². The number of aromatic nitrogens is 3. The molecule has 0 N–H and O–H groups in total. The van der Waals surface area contributed by atoms with Gasteiger partial charge < -0.3 is 0 Å². The fourth-order valence-corrected chi connectivity index (χ4v) is 3.91. The van der Waals surface area contributed by atoms with Crippen LogP contribution in [0.4, 0.5) is 5.69 Å². The van der Waals surface area contributed by atoms with Gasteiger partial charge in [-0.1, -0.05) is 18.9 Å². The van der Waals surface area contributed by atoms with Crippen LogP contribution in [0.3, 0.4) is 0 Å². The van der Waals surface area contributed by atoms with Gasteiger partial charge in [-0.15, -0.1) is 0 Å². The Balaban J connectivity index is 1.51. The van der Waals surface area contributed by atoms with Crippen LogP contribution in [0.2, 0.25) is 0 Å². The molecule has 0 bridgehead atoms. The van der Waals surface area contributed by atoms with Crippen molar-refractivity contribution < 1.29 is 4.92 Å². The highest BCUT2D eigenvalue weighted by molar-refractivity contribution is 5.77. The second-order valence-corrected chi connectivity index (χ2v) is 7.77. The summed E-state index contributed by atoms with van der Waals surface area (Å²) < 4.78 is 1.49. The van der Waals surface area contributed by atoms with E-state index >= 15 is 0 Å². The molecular formula is C25H24N4O3. The molecule has 0 amide bonds. The minimum absolute atomic E-state index is 0.0573. The van der Waals surface area contributed by atoms with Crippen molar-refractivity contribution in [3.05, 3.63) is 105 Å². The third-order valence-corrected chi connectivity index (χ3v) is 5.55. The molecule has 0 fully saturated rings. The topological polar surface area (TPSA) is 90.9 Å². The summed E-state index contributed by atoms with van der Waals surface area (Å²) in [6.07, 6.45) is 11.1. The van der Waals surface area contributed by atoms with Crippen molar-refractivity contribution in [2.75, 3.05) is 0 Å². The molecule has 0 saturated heterocycles. The van der Waals surface area contributed by atoms with Crippen molar-refractivity contribution in [3.63, 3.8) is 0 Å². The number of nitro benzene ring substituents is 1. The Morgan fingerprint density at radius 2 is 1.66 bits per heavy atom. The van der Waals surface area contributed by atoms with E-state index < -0.39 is 4.92 Å². The van der Waals surface area contributed by atoms with Crippen LogP contribution < -0.4 is 5.56 Å². The highest BCUT2D eigenvalue weighted by Crippen LogP contribution is 2.20. The van der Waals surface area contributed by atoms with Crippen LogP contribution in [0.25, 0.3) is 16.7 Å². The van der Waals surface area contributed by atoms with Crippen molar-refractivity contribution in [2.24, 2.45) is 0 Å². The summed E-state index contributed by atoms with van der Waals surface area (Å²) >= 11 is 0. The van der Waals surface area contributed by atoms with E-state index in [0.717, 1.165) is 37.5 Å². The predicted octanol–water partition coefficient (Wildman–Crippen LogP) is 5.03. The molecule has 3 heterocycles. The van der Waals surface area contributed by atoms with E-state index in [2.05, 4.69) is 9.97 Å². The van der Waals surface area contributed by atoms with Crippen LogP contribution in [-0.2, 0) is 12.8 Å². The summed E-state index contributed by atoms with van der Waals surface area (Å²) in [7, 11) is 0. The van der Waals surface area contributed by atoms with Gasteiger partial charge in [0.15, 0.2) is 0 Å². The first-order chi connectivity index (χ1) is 15.6. The number of hydrogen-bond donors (Lipinski definition) is 0. The summed E-state index contributed by atoms with van der Waals surface area (Å²) in [6.45, 7) is 0. The average molecular weight is 428 g/mol. The Kier molecular flexibility index (Phi) is 6.65. The lowest BCUT2D eigenvalue weighted by atomic mass is 10.0. The number of nitro groups is 1. The molecular weight excluding hydrogens is 404 g/mol. The van der Waals surface area contributed by atoms with E-state index in [4.69, 9.17) is 0 Å². The molecule has 0 saturated carbocycles. The first-order valence-corrected chi connectivity index (χ1v) is 10.8. The summed E-state index contributed by atoms with van der Waals surface area (Å²) in [4.78, 5) is 32.5. The lowest BCUT2D eigenvalue weighted by Crippen LogP contribution is -2.23. The second kappa shape index (κ2) is 9.96. The van der Waals surface area contributed by atoms with Crippen LogP contribution >= 0.6 is 0 Å². The van der Waals surface area contributed by atoms with Gasteiger partial charge in [0.05, 0.1) is 10.6 Å². The molecule has 0 aliphatic heterocycles. The van der Waals surface area contributed by atoms with E-state index in [1.54, 1.807) is 18.3 Å². The van der Waals surface area contributed by atoms with Gasteiger partial charge in [0.1, 0.15) is 5.65 Å². The van der Waals surface area contributed by atoms with Gasteiger partial charge >= 0.3 is 0 Å². The molecule has 32 heavy (non-hydrogen) atoms. The molecule has 7 nitrogen and oxygen atoms in total. The van der Waals surface area contributed by atoms with Crippen LogP contribution in [0.15, 0.2) is 78.0 Å². The molecule has 162 valence electrons. The number of nitrogens with zero attached hydrogens (tertiary/aromatic N) is 4. The molecule has 0 spiro atoms. The van der Waals surface area contributed by atoms with Gasteiger partial charge in [0.25, 0.3) is 11.2 Å². The number of non-ortho nitro benzene ring substituents is 1. The Labute approximate surface area is 185 Å². The summed E-state index contributed by atoms with van der Waals surface area (Å²) in [5.74, 6) is 0. The first kappa shape index (κ1) is 21.4. The zero-order chi connectivity index (χ0) is 22.3. The summed E-state index contributed by atoms with van der Waals surface area (Å²) in [6, 6.07) is 15.8. The van der Waals surface area contributed by atoms with Crippen molar-refractivity contribution in [1.82, 2.24) is 14.5 Å². The Bertz CT molecular complexity index is 1290. The summed E-state index contributed by atoms with van der Waals surface area (Å²) in [5, 5.41) is 12.1. The van der Waals surface area contributed by atoms with Crippen LogP contribution in [0.5, 0.6) is 0 Å². The van der Waals surface area contributed by atoms with E-state index in [0.29, 0.717) is 23.3 Å².